The number of likely N-dealkylation sites (N-methyl/N-ethyl adjacent to an activating group) is 1. The predicted octanol–water partition coefficient (Wildman–Crippen LogP) is 1.55. The van der Waals surface area contributed by atoms with E-state index >= 15 is 0 Å². The van der Waals surface area contributed by atoms with Crippen LogP contribution in [0.4, 0.5) is 0 Å². The molecule has 112 valence electrons. The van der Waals surface area contributed by atoms with Gasteiger partial charge in [-0.15, -0.1) is 0 Å². The van der Waals surface area contributed by atoms with Gasteiger partial charge in [0.1, 0.15) is 11.6 Å². The van der Waals surface area contributed by atoms with Crippen LogP contribution in [0.3, 0.4) is 0 Å². The summed E-state index contributed by atoms with van der Waals surface area (Å²) in [5.74, 6) is -1.41. The van der Waals surface area contributed by atoms with Crippen LogP contribution in [-0.2, 0) is 21.5 Å². The van der Waals surface area contributed by atoms with Crippen molar-refractivity contribution in [3.05, 3.63) is 35.0 Å². The highest BCUT2D eigenvalue weighted by molar-refractivity contribution is 6.40. The first-order chi connectivity index (χ1) is 10.5. The third kappa shape index (κ3) is 1.47. The normalized spacial score (nSPS) is 24.0. The number of fused-ring (bicyclic) bond motifs is 2. The van der Waals surface area contributed by atoms with E-state index in [1.54, 1.807) is 0 Å². The van der Waals surface area contributed by atoms with Crippen molar-refractivity contribution < 1.29 is 14.4 Å². The number of halogens is 1. The van der Waals surface area contributed by atoms with E-state index in [9.17, 15) is 9.59 Å². The Morgan fingerprint density at radius 1 is 1.18 bits per heavy atom. The molecule has 0 radical (unpaired) electrons. The second-order valence-corrected chi connectivity index (χ2v) is 5.83. The van der Waals surface area contributed by atoms with Gasteiger partial charge in [-0.25, -0.2) is 0 Å². The molecule has 0 N–H and O–H groups in total. The Balaban J connectivity index is 1.91. The number of benzene rings is 1. The van der Waals surface area contributed by atoms with Gasteiger partial charge in [-0.05, 0) is 6.07 Å². The zero-order valence-corrected chi connectivity index (χ0v) is 12.7. The van der Waals surface area contributed by atoms with E-state index in [4.69, 9.17) is 16.4 Å². The maximum Gasteiger partial charge on any atom is 0.274 e. The number of likely N-dealkylation sites (tertiary alicyclic amines) is 1. The molecular formula is C15H12ClN3O3. The maximum atomic E-state index is 12.3. The second kappa shape index (κ2) is 4.33. The van der Waals surface area contributed by atoms with E-state index in [2.05, 4.69) is 5.16 Å². The largest absolute Gasteiger partial charge is 0.381 e. The minimum absolute atomic E-state index is 0.312. The van der Waals surface area contributed by atoms with Gasteiger partial charge in [0.2, 0.25) is 12.0 Å². The van der Waals surface area contributed by atoms with Crippen molar-refractivity contribution in [1.29, 1.82) is 0 Å². The topological polar surface area (TPSA) is 63.9 Å². The summed E-state index contributed by atoms with van der Waals surface area (Å²) in [5, 5.41) is 5.37. The first-order valence-corrected chi connectivity index (χ1v) is 7.18. The van der Waals surface area contributed by atoms with Crippen LogP contribution in [0.15, 0.2) is 29.4 Å². The monoisotopic (exact) mass is 317 g/mol. The molecule has 4 rings (SSSR count). The molecular weight excluding hydrogens is 306 g/mol. The third-order valence-corrected chi connectivity index (χ3v) is 4.70. The molecule has 7 heteroatoms. The average molecular weight is 318 g/mol. The molecule has 2 aliphatic rings. The number of hydrogen-bond donors (Lipinski definition) is 0. The molecule has 0 saturated carbocycles. The standard InChI is InChI=1S/C15H12ClN3O3/c1-18-8-6-4-3-5-7(8)10(16)12(18)11-9-13(22-17-11)15(21)19(2)14(9)20/h3-6,9,13H,1-2H3. The molecule has 0 bridgehead atoms. The fraction of sp³-hybridized carbons (Fsp3) is 0.267. The van der Waals surface area contributed by atoms with Gasteiger partial charge in [-0.3, -0.25) is 14.5 Å². The van der Waals surface area contributed by atoms with Crippen LogP contribution >= 0.6 is 11.6 Å². The number of nitrogens with zero attached hydrogens (tertiary/aromatic N) is 3. The lowest BCUT2D eigenvalue weighted by molar-refractivity contribution is -0.140. The Kier molecular flexibility index (Phi) is 2.62. The molecule has 2 amide bonds. The van der Waals surface area contributed by atoms with E-state index < -0.39 is 12.0 Å². The molecule has 1 aromatic heterocycles. The van der Waals surface area contributed by atoms with Gasteiger partial charge in [0, 0.05) is 25.0 Å². The van der Waals surface area contributed by atoms with E-state index in [-0.39, 0.29) is 11.8 Å². The smallest absolute Gasteiger partial charge is 0.274 e. The van der Waals surface area contributed by atoms with Crippen molar-refractivity contribution in [3.8, 4) is 0 Å². The van der Waals surface area contributed by atoms with Crippen LogP contribution in [0.2, 0.25) is 5.02 Å². The highest BCUT2D eigenvalue weighted by Crippen LogP contribution is 2.37. The molecule has 0 spiro atoms. The fourth-order valence-corrected chi connectivity index (χ4v) is 3.52. The minimum Gasteiger partial charge on any atom is -0.381 e. The van der Waals surface area contributed by atoms with Crippen molar-refractivity contribution in [2.45, 2.75) is 6.10 Å². The van der Waals surface area contributed by atoms with Gasteiger partial charge in [-0.2, -0.15) is 0 Å². The highest BCUT2D eigenvalue weighted by atomic mass is 35.5. The summed E-state index contributed by atoms with van der Waals surface area (Å²) < 4.78 is 1.87. The molecule has 2 aliphatic heterocycles. The number of carbonyl (C=O) groups excluding carboxylic acids is 2. The molecule has 22 heavy (non-hydrogen) atoms. The molecule has 2 aromatic rings. The molecule has 3 heterocycles. The number of aryl methyl sites for hydroxylation is 1. The Hall–Kier alpha value is -2.34. The number of imide groups is 1. The SMILES string of the molecule is CN1C(=O)C2ON=C(c3c(Cl)c4ccccc4n3C)C2C1=O. The Morgan fingerprint density at radius 3 is 2.64 bits per heavy atom. The van der Waals surface area contributed by atoms with Gasteiger partial charge in [0.25, 0.3) is 5.91 Å². The van der Waals surface area contributed by atoms with Crippen molar-refractivity contribution >= 4 is 40.0 Å². The van der Waals surface area contributed by atoms with Crippen molar-refractivity contribution in [3.63, 3.8) is 0 Å². The number of para-hydroxylation sites is 1. The summed E-state index contributed by atoms with van der Waals surface area (Å²) in [6.45, 7) is 0. The number of hydrogen-bond acceptors (Lipinski definition) is 4. The van der Waals surface area contributed by atoms with Gasteiger partial charge in [-0.1, -0.05) is 35.0 Å². The Labute approximate surface area is 130 Å². The molecule has 1 fully saturated rings. The van der Waals surface area contributed by atoms with Gasteiger partial charge >= 0.3 is 0 Å². The van der Waals surface area contributed by atoms with E-state index in [1.807, 2.05) is 35.9 Å². The number of amides is 2. The quantitative estimate of drug-likeness (QED) is 0.750. The summed E-state index contributed by atoms with van der Waals surface area (Å²) in [6.07, 6.45) is -0.874. The molecule has 2 unspecified atom stereocenters. The summed E-state index contributed by atoms with van der Waals surface area (Å²) >= 11 is 6.49. The Bertz CT molecular complexity index is 831. The first-order valence-electron chi connectivity index (χ1n) is 6.80. The van der Waals surface area contributed by atoms with Gasteiger partial charge < -0.3 is 9.40 Å². The molecule has 0 aliphatic carbocycles. The number of carbonyl (C=O) groups is 2. The zero-order valence-electron chi connectivity index (χ0n) is 11.9. The molecule has 1 saturated heterocycles. The van der Waals surface area contributed by atoms with E-state index in [1.165, 1.54) is 7.05 Å². The summed E-state index contributed by atoms with van der Waals surface area (Å²) in [5.41, 5.74) is 1.96. The maximum absolute atomic E-state index is 12.3. The Morgan fingerprint density at radius 2 is 1.91 bits per heavy atom. The first kappa shape index (κ1) is 13.3. The van der Waals surface area contributed by atoms with Crippen LogP contribution in [0.25, 0.3) is 10.9 Å². The molecule has 6 nitrogen and oxygen atoms in total. The second-order valence-electron chi connectivity index (χ2n) is 5.45. The molecule has 1 aromatic carbocycles. The summed E-state index contributed by atoms with van der Waals surface area (Å²) in [4.78, 5) is 30.6. The lowest BCUT2D eigenvalue weighted by Gasteiger charge is -2.09. The highest BCUT2D eigenvalue weighted by Gasteiger charge is 2.55. The van der Waals surface area contributed by atoms with Crippen LogP contribution in [0, 0.1) is 5.92 Å². The summed E-state index contributed by atoms with van der Waals surface area (Å²) in [6, 6.07) is 7.65. The lowest BCUT2D eigenvalue weighted by atomic mass is 9.97. The van der Waals surface area contributed by atoms with Crippen molar-refractivity contribution in [1.82, 2.24) is 9.47 Å². The van der Waals surface area contributed by atoms with Crippen LogP contribution in [-0.4, -0.2) is 40.1 Å². The number of oxime groups is 1. The lowest BCUT2D eigenvalue weighted by Crippen LogP contribution is -2.29. The van der Waals surface area contributed by atoms with Crippen LogP contribution in [0.1, 0.15) is 5.69 Å². The van der Waals surface area contributed by atoms with Crippen molar-refractivity contribution in [2.24, 2.45) is 18.1 Å². The number of rotatable bonds is 1. The predicted molar refractivity (Wildman–Crippen MR) is 80.6 cm³/mol. The fourth-order valence-electron chi connectivity index (χ4n) is 3.14. The van der Waals surface area contributed by atoms with E-state index in [0.717, 1.165) is 15.8 Å². The van der Waals surface area contributed by atoms with Crippen molar-refractivity contribution in [2.75, 3.05) is 7.05 Å². The molecule has 2 atom stereocenters. The van der Waals surface area contributed by atoms with E-state index in [0.29, 0.717) is 16.4 Å². The zero-order chi connectivity index (χ0) is 15.6. The average Bonchev–Trinajstić information content (AvgIpc) is 3.12. The van der Waals surface area contributed by atoms with Gasteiger partial charge in [0.15, 0.2) is 0 Å². The summed E-state index contributed by atoms with van der Waals surface area (Å²) in [7, 11) is 3.30. The van der Waals surface area contributed by atoms with Crippen LogP contribution in [0.5, 0.6) is 0 Å². The number of aromatic nitrogens is 1. The van der Waals surface area contributed by atoms with Gasteiger partial charge in [0.05, 0.1) is 10.7 Å². The van der Waals surface area contributed by atoms with Crippen LogP contribution < -0.4 is 0 Å². The third-order valence-electron chi connectivity index (χ3n) is 4.32. The minimum atomic E-state index is -0.874.